The first kappa shape index (κ1) is 11.6. The summed E-state index contributed by atoms with van der Waals surface area (Å²) in [7, 11) is 0. The highest BCUT2D eigenvalue weighted by Gasteiger charge is 2.01. The van der Waals surface area contributed by atoms with Gasteiger partial charge in [0, 0.05) is 4.47 Å². The van der Waals surface area contributed by atoms with Crippen LogP contribution in [0.4, 0.5) is 0 Å². The molecule has 0 aliphatic rings. The minimum absolute atomic E-state index is 0.554. The maximum Gasteiger partial charge on any atom is 0.137 e. The summed E-state index contributed by atoms with van der Waals surface area (Å²) in [6, 6.07) is 5.81. The Hall–Kier alpha value is -0.880. The van der Waals surface area contributed by atoms with Gasteiger partial charge in [-0.25, -0.2) is 9.67 Å². The quantitative estimate of drug-likeness (QED) is 0.854. The zero-order valence-electron chi connectivity index (χ0n) is 8.31. The van der Waals surface area contributed by atoms with Crippen molar-refractivity contribution >= 4 is 31.9 Å². The average molecular weight is 347 g/mol. The van der Waals surface area contributed by atoms with Gasteiger partial charge in [0.05, 0.1) is 11.0 Å². The molecule has 1 aromatic carbocycles. The van der Waals surface area contributed by atoms with Crippen LogP contribution in [0.5, 0.6) is 5.75 Å². The van der Waals surface area contributed by atoms with Gasteiger partial charge in [-0.15, -0.1) is 0 Å². The van der Waals surface area contributed by atoms with Gasteiger partial charge in [-0.2, -0.15) is 5.10 Å². The van der Waals surface area contributed by atoms with Gasteiger partial charge in [0.25, 0.3) is 0 Å². The SMILES string of the molecule is Brc1ccc(Br)c(OCCn2cncn2)c1. The lowest BCUT2D eigenvalue weighted by Crippen LogP contribution is -2.08. The van der Waals surface area contributed by atoms with E-state index in [2.05, 4.69) is 41.9 Å². The van der Waals surface area contributed by atoms with Crippen LogP contribution in [-0.2, 0) is 6.54 Å². The van der Waals surface area contributed by atoms with E-state index >= 15 is 0 Å². The molecule has 0 saturated carbocycles. The van der Waals surface area contributed by atoms with E-state index in [1.165, 1.54) is 6.33 Å². The molecule has 6 heteroatoms. The summed E-state index contributed by atoms with van der Waals surface area (Å²) >= 11 is 6.83. The van der Waals surface area contributed by atoms with Gasteiger partial charge < -0.3 is 4.74 Å². The van der Waals surface area contributed by atoms with Crippen LogP contribution in [0.3, 0.4) is 0 Å². The first-order chi connectivity index (χ1) is 7.75. The molecule has 0 bridgehead atoms. The summed E-state index contributed by atoms with van der Waals surface area (Å²) in [5.74, 6) is 0.814. The van der Waals surface area contributed by atoms with Crippen molar-refractivity contribution in [3.05, 3.63) is 39.8 Å². The van der Waals surface area contributed by atoms with E-state index in [1.54, 1.807) is 11.0 Å². The number of benzene rings is 1. The molecule has 0 unspecified atom stereocenters. The summed E-state index contributed by atoms with van der Waals surface area (Å²) in [5.41, 5.74) is 0. The second-order valence-electron chi connectivity index (χ2n) is 3.08. The van der Waals surface area contributed by atoms with Gasteiger partial charge in [-0.05, 0) is 34.1 Å². The van der Waals surface area contributed by atoms with Crippen molar-refractivity contribution in [3.8, 4) is 5.75 Å². The van der Waals surface area contributed by atoms with Crippen LogP contribution >= 0.6 is 31.9 Å². The molecule has 0 fully saturated rings. The average Bonchev–Trinajstić information content (AvgIpc) is 2.76. The monoisotopic (exact) mass is 345 g/mol. The minimum Gasteiger partial charge on any atom is -0.490 e. The van der Waals surface area contributed by atoms with Crippen molar-refractivity contribution in [3.63, 3.8) is 0 Å². The highest BCUT2D eigenvalue weighted by atomic mass is 79.9. The zero-order chi connectivity index (χ0) is 11.4. The molecular formula is C10H9Br2N3O. The molecule has 1 aromatic heterocycles. The molecule has 0 radical (unpaired) electrons. The molecule has 0 aliphatic carbocycles. The molecule has 2 rings (SSSR count). The van der Waals surface area contributed by atoms with Crippen molar-refractivity contribution < 1.29 is 4.74 Å². The predicted molar refractivity (Wildman–Crippen MR) is 67.4 cm³/mol. The highest BCUT2D eigenvalue weighted by Crippen LogP contribution is 2.28. The van der Waals surface area contributed by atoms with Crippen LogP contribution < -0.4 is 4.74 Å². The zero-order valence-corrected chi connectivity index (χ0v) is 11.5. The van der Waals surface area contributed by atoms with E-state index in [-0.39, 0.29) is 0 Å². The lowest BCUT2D eigenvalue weighted by atomic mass is 10.3. The molecule has 2 aromatic rings. The van der Waals surface area contributed by atoms with Gasteiger partial charge in [0.15, 0.2) is 0 Å². The number of hydrogen-bond donors (Lipinski definition) is 0. The third kappa shape index (κ3) is 3.05. The largest absolute Gasteiger partial charge is 0.490 e. The molecule has 0 saturated heterocycles. The van der Waals surface area contributed by atoms with Crippen LogP contribution in [0.15, 0.2) is 39.8 Å². The van der Waals surface area contributed by atoms with Crippen LogP contribution in [0.2, 0.25) is 0 Å². The Morgan fingerprint density at radius 2 is 2.19 bits per heavy atom. The van der Waals surface area contributed by atoms with Crippen LogP contribution in [0.1, 0.15) is 0 Å². The third-order valence-corrected chi connectivity index (χ3v) is 3.09. The fourth-order valence-corrected chi connectivity index (χ4v) is 1.89. The summed E-state index contributed by atoms with van der Waals surface area (Å²) in [5, 5.41) is 3.99. The van der Waals surface area contributed by atoms with E-state index in [9.17, 15) is 0 Å². The van der Waals surface area contributed by atoms with Gasteiger partial charge in [-0.1, -0.05) is 15.9 Å². The maximum absolute atomic E-state index is 5.63. The fraction of sp³-hybridized carbons (Fsp3) is 0.200. The molecule has 0 aliphatic heterocycles. The van der Waals surface area contributed by atoms with Crippen molar-refractivity contribution in [1.29, 1.82) is 0 Å². The third-order valence-electron chi connectivity index (χ3n) is 1.94. The van der Waals surface area contributed by atoms with E-state index < -0.39 is 0 Å². The maximum atomic E-state index is 5.63. The number of aromatic nitrogens is 3. The van der Waals surface area contributed by atoms with Gasteiger partial charge in [0.2, 0.25) is 0 Å². The normalized spacial score (nSPS) is 10.4. The van der Waals surface area contributed by atoms with Crippen molar-refractivity contribution in [2.45, 2.75) is 6.54 Å². The Balaban J connectivity index is 1.92. The van der Waals surface area contributed by atoms with E-state index in [4.69, 9.17) is 4.74 Å². The first-order valence-corrected chi connectivity index (χ1v) is 6.24. The minimum atomic E-state index is 0.554. The lowest BCUT2D eigenvalue weighted by molar-refractivity contribution is 0.289. The van der Waals surface area contributed by atoms with E-state index in [0.717, 1.165) is 14.7 Å². The molecule has 0 amide bonds. The standard InChI is InChI=1S/C10H9Br2N3O/c11-8-1-2-9(12)10(5-8)16-4-3-15-7-13-6-14-15/h1-2,5-7H,3-4H2. The highest BCUT2D eigenvalue weighted by molar-refractivity contribution is 9.11. The fourth-order valence-electron chi connectivity index (χ4n) is 1.19. The second-order valence-corrected chi connectivity index (χ2v) is 4.85. The van der Waals surface area contributed by atoms with Crippen LogP contribution in [-0.4, -0.2) is 21.4 Å². The van der Waals surface area contributed by atoms with Crippen LogP contribution in [0, 0.1) is 0 Å². The Bertz CT molecular complexity index is 459. The number of ether oxygens (including phenoxy) is 1. The van der Waals surface area contributed by atoms with E-state index in [0.29, 0.717) is 13.2 Å². The molecule has 0 atom stereocenters. The Kier molecular flexibility index (Phi) is 3.95. The summed E-state index contributed by atoms with van der Waals surface area (Å²) in [6.07, 6.45) is 3.17. The van der Waals surface area contributed by atoms with Crippen molar-refractivity contribution in [2.24, 2.45) is 0 Å². The first-order valence-electron chi connectivity index (χ1n) is 4.66. The van der Waals surface area contributed by atoms with Gasteiger partial charge in [-0.3, -0.25) is 0 Å². The molecule has 1 heterocycles. The van der Waals surface area contributed by atoms with Gasteiger partial charge in [0.1, 0.15) is 25.0 Å². The smallest absolute Gasteiger partial charge is 0.137 e. The van der Waals surface area contributed by atoms with Gasteiger partial charge >= 0.3 is 0 Å². The molecule has 16 heavy (non-hydrogen) atoms. The topological polar surface area (TPSA) is 39.9 Å². The Morgan fingerprint density at radius 3 is 2.94 bits per heavy atom. The van der Waals surface area contributed by atoms with Crippen molar-refractivity contribution in [2.75, 3.05) is 6.61 Å². The Morgan fingerprint density at radius 1 is 1.31 bits per heavy atom. The molecule has 0 N–H and O–H groups in total. The lowest BCUT2D eigenvalue weighted by Gasteiger charge is -2.08. The second kappa shape index (κ2) is 5.45. The summed E-state index contributed by atoms with van der Waals surface area (Å²) in [4.78, 5) is 3.86. The Labute approximate surface area is 110 Å². The molecule has 84 valence electrons. The molecule has 4 nitrogen and oxygen atoms in total. The van der Waals surface area contributed by atoms with Crippen LogP contribution in [0.25, 0.3) is 0 Å². The number of halogens is 2. The number of nitrogens with zero attached hydrogens (tertiary/aromatic N) is 3. The number of rotatable bonds is 4. The summed E-state index contributed by atoms with van der Waals surface area (Å²) in [6.45, 7) is 1.23. The molecule has 0 spiro atoms. The van der Waals surface area contributed by atoms with E-state index in [1.807, 2.05) is 18.2 Å². The number of hydrogen-bond acceptors (Lipinski definition) is 3. The predicted octanol–water partition coefficient (Wildman–Crippen LogP) is 2.88. The molecular weight excluding hydrogens is 338 g/mol. The van der Waals surface area contributed by atoms with Crippen molar-refractivity contribution in [1.82, 2.24) is 14.8 Å². The summed E-state index contributed by atoms with van der Waals surface area (Å²) < 4.78 is 9.28.